The molecule has 1 saturated heterocycles. The zero-order valence-corrected chi connectivity index (χ0v) is 8.88. The van der Waals surface area contributed by atoms with Gasteiger partial charge in [-0.1, -0.05) is 0 Å². The highest BCUT2D eigenvalue weighted by Gasteiger charge is 2.16. The van der Waals surface area contributed by atoms with Crippen molar-refractivity contribution in [2.24, 2.45) is 0 Å². The Labute approximate surface area is 84.7 Å². The van der Waals surface area contributed by atoms with Gasteiger partial charge in [0.25, 0.3) is 0 Å². The van der Waals surface area contributed by atoms with Gasteiger partial charge in [0.05, 0.1) is 11.9 Å². The molecular weight excluding hydrogens is 176 g/mol. The van der Waals surface area contributed by atoms with Crippen molar-refractivity contribution >= 4 is 0 Å². The van der Waals surface area contributed by atoms with Crippen molar-refractivity contribution in [2.45, 2.75) is 26.4 Å². The lowest BCUT2D eigenvalue weighted by molar-refractivity contribution is 0.197. The molecule has 0 spiro atoms. The molecule has 1 fully saturated rings. The van der Waals surface area contributed by atoms with E-state index < -0.39 is 0 Å². The fourth-order valence-electron chi connectivity index (χ4n) is 1.91. The van der Waals surface area contributed by atoms with Crippen molar-refractivity contribution < 1.29 is 0 Å². The number of aromatic nitrogens is 2. The summed E-state index contributed by atoms with van der Waals surface area (Å²) in [5, 5.41) is 10.5. The minimum absolute atomic E-state index is 0.604. The minimum Gasteiger partial charge on any atom is -0.312 e. The number of aryl methyl sites for hydroxylation is 1. The Balaban J connectivity index is 1.94. The molecule has 0 saturated carbocycles. The van der Waals surface area contributed by atoms with E-state index in [9.17, 15) is 0 Å². The first-order valence-corrected chi connectivity index (χ1v) is 5.20. The summed E-state index contributed by atoms with van der Waals surface area (Å²) in [6.07, 6.45) is 1.89. The van der Waals surface area contributed by atoms with Crippen molar-refractivity contribution in [1.29, 1.82) is 0 Å². The van der Waals surface area contributed by atoms with E-state index >= 15 is 0 Å². The number of hydrogen-bond acceptors (Lipinski definition) is 3. The number of nitrogens with zero attached hydrogens (tertiary/aromatic N) is 2. The van der Waals surface area contributed by atoms with Crippen LogP contribution in [0.1, 0.15) is 18.2 Å². The predicted molar refractivity (Wildman–Crippen MR) is 56.1 cm³/mol. The second-order valence-corrected chi connectivity index (χ2v) is 4.12. The fourth-order valence-corrected chi connectivity index (χ4v) is 1.91. The average molecular weight is 194 g/mol. The van der Waals surface area contributed by atoms with Crippen LogP contribution in [-0.4, -0.2) is 40.8 Å². The molecule has 0 bridgehead atoms. The summed E-state index contributed by atoms with van der Waals surface area (Å²) in [6.45, 7) is 8.67. The third-order valence-electron chi connectivity index (χ3n) is 2.77. The molecule has 1 aromatic rings. The van der Waals surface area contributed by atoms with Gasteiger partial charge in [0, 0.05) is 32.2 Å². The van der Waals surface area contributed by atoms with Gasteiger partial charge in [-0.3, -0.25) is 10.00 Å². The molecule has 14 heavy (non-hydrogen) atoms. The zero-order chi connectivity index (χ0) is 9.97. The minimum atomic E-state index is 0.604. The van der Waals surface area contributed by atoms with Crippen molar-refractivity contribution in [3.8, 4) is 0 Å². The van der Waals surface area contributed by atoms with E-state index in [4.69, 9.17) is 0 Å². The Bertz CT molecular complexity index is 294. The van der Waals surface area contributed by atoms with Crippen LogP contribution in [0.3, 0.4) is 0 Å². The number of rotatable bonds is 2. The highest BCUT2D eigenvalue weighted by molar-refractivity contribution is 5.13. The van der Waals surface area contributed by atoms with Gasteiger partial charge in [0.1, 0.15) is 0 Å². The normalized spacial score (nSPS) is 24.0. The Morgan fingerprint density at radius 3 is 3.14 bits per heavy atom. The Morgan fingerprint density at radius 1 is 1.64 bits per heavy atom. The van der Waals surface area contributed by atoms with Crippen LogP contribution >= 0.6 is 0 Å². The number of H-pyrrole nitrogens is 1. The summed E-state index contributed by atoms with van der Waals surface area (Å²) in [6, 6.07) is 0.604. The molecule has 78 valence electrons. The van der Waals surface area contributed by atoms with Gasteiger partial charge >= 0.3 is 0 Å². The maximum absolute atomic E-state index is 4.04. The molecule has 1 aliphatic rings. The molecule has 1 aliphatic heterocycles. The van der Waals surface area contributed by atoms with Crippen molar-refractivity contribution in [1.82, 2.24) is 20.4 Å². The SMILES string of the molecule is Cc1cn[nH]c1CN1CCNC(C)C1. The maximum atomic E-state index is 4.04. The van der Waals surface area contributed by atoms with Crippen molar-refractivity contribution in [3.63, 3.8) is 0 Å². The van der Waals surface area contributed by atoms with E-state index in [0.717, 1.165) is 26.2 Å². The Morgan fingerprint density at radius 2 is 2.50 bits per heavy atom. The molecule has 1 unspecified atom stereocenters. The quantitative estimate of drug-likeness (QED) is 0.721. The molecule has 2 rings (SSSR count). The summed E-state index contributed by atoms with van der Waals surface area (Å²) in [5.41, 5.74) is 2.51. The molecule has 0 amide bonds. The number of aromatic amines is 1. The van der Waals surface area contributed by atoms with E-state index in [0.29, 0.717) is 6.04 Å². The van der Waals surface area contributed by atoms with Crippen LogP contribution in [-0.2, 0) is 6.54 Å². The first-order valence-electron chi connectivity index (χ1n) is 5.20. The molecule has 2 N–H and O–H groups in total. The van der Waals surface area contributed by atoms with Gasteiger partial charge in [-0.15, -0.1) is 0 Å². The molecule has 2 heterocycles. The van der Waals surface area contributed by atoms with Crippen LogP contribution in [0.5, 0.6) is 0 Å². The lowest BCUT2D eigenvalue weighted by Gasteiger charge is -2.31. The molecule has 1 aromatic heterocycles. The largest absolute Gasteiger partial charge is 0.312 e. The van der Waals surface area contributed by atoms with Gasteiger partial charge in [0.2, 0.25) is 0 Å². The Hall–Kier alpha value is -0.870. The number of hydrogen-bond donors (Lipinski definition) is 2. The molecule has 0 radical (unpaired) electrons. The van der Waals surface area contributed by atoms with Crippen LogP contribution in [0.4, 0.5) is 0 Å². The van der Waals surface area contributed by atoms with Crippen LogP contribution in [0.15, 0.2) is 6.20 Å². The summed E-state index contributed by atoms with van der Waals surface area (Å²) in [5.74, 6) is 0. The summed E-state index contributed by atoms with van der Waals surface area (Å²) < 4.78 is 0. The van der Waals surface area contributed by atoms with Gasteiger partial charge < -0.3 is 5.32 Å². The summed E-state index contributed by atoms with van der Waals surface area (Å²) in [7, 11) is 0. The summed E-state index contributed by atoms with van der Waals surface area (Å²) in [4.78, 5) is 2.46. The first-order chi connectivity index (χ1) is 6.75. The van der Waals surface area contributed by atoms with Crippen LogP contribution in [0.25, 0.3) is 0 Å². The first kappa shape index (κ1) is 9.68. The molecule has 0 aromatic carbocycles. The highest BCUT2D eigenvalue weighted by atomic mass is 15.2. The van der Waals surface area contributed by atoms with Crippen molar-refractivity contribution in [3.05, 3.63) is 17.5 Å². The molecule has 4 heteroatoms. The van der Waals surface area contributed by atoms with E-state index in [1.807, 2.05) is 6.20 Å². The van der Waals surface area contributed by atoms with Crippen LogP contribution in [0, 0.1) is 6.92 Å². The monoisotopic (exact) mass is 194 g/mol. The topological polar surface area (TPSA) is 44.0 Å². The second-order valence-electron chi connectivity index (χ2n) is 4.12. The smallest absolute Gasteiger partial charge is 0.0521 e. The van der Waals surface area contributed by atoms with Gasteiger partial charge in [0.15, 0.2) is 0 Å². The number of nitrogens with one attached hydrogen (secondary N) is 2. The van der Waals surface area contributed by atoms with Gasteiger partial charge in [-0.25, -0.2) is 0 Å². The molecule has 0 aliphatic carbocycles. The second kappa shape index (κ2) is 4.11. The lowest BCUT2D eigenvalue weighted by atomic mass is 10.2. The van der Waals surface area contributed by atoms with E-state index in [1.54, 1.807) is 0 Å². The lowest BCUT2D eigenvalue weighted by Crippen LogP contribution is -2.48. The third kappa shape index (κ3) is 2.13. The van der Waals surface area contributed by atoms with E-state index in [1.165, 1.54) is 11.3 Å². The van der Waals surface area contributed by atoms with Crippen LogP contribution < -0.4 is 5.32 Å². The van der Waals surface area contributed by atoms with E-state index in [2.05, 4.69) is 34.3 Å². The summed E-state index contributed by atoms with van der Waals surface area (Å²) >= 11 is 0. The van der Waals surface area contributed by atoms with Gasteiger partial charge in [-0.05, 0) is 19.4 Å². The molecular formula is C10H18N4. The molecule has 4 nitrogen and oxygen atoms in total. The van der Waals surface area contributed by atoms with Crippen LogP contribution in [0.2, 0.25) is 0 Å². The third-order valence-corrected chi connectivity index (χ3v) is 2.77. The predicted octanol–water partition coefficient (Wildman–Crippen LogP) is 0.512. The Kier molecular flexibility index (Phi) is 2.84. The maximum Gasteiger partial charge on any atom is 0.0521 e. The standard InChI is InChI=1S/C10H18N4/c1-8-5-12-13-10(8)7-14-4-3-11-9(2)6-14/h5,9,11H,3-4,6-7H2,1-2H3,(H,12,13). The van der Waals surface area contributed by atoms with Crippen molar-refractivity contribution in [2.75, 3.05) is 19.6 Å². The highest BCUT2D eigenvalue weighted by Crippen LogP contribution is 2.08. The zero-order valence-electron chi connectivity index (χ0n) is 8.88. The fraction of sp³-hybridized carbons (Fsp3) is 0.700. The number of piperazine rings is 1. The average Bonchev–Trinajstić information content (AvgIpc) is 2.52. The molecule has 1 atom stereocenters. The van der Waals surface area contributed by atoms with Gasteiger partial charge in [-0.2, -0.15) is 5.10 Å². The van der Waals surface area contributed by atoms with E-state index in [-0.39, 0.29) is 0 Å².